The van der Waals surface area contributed by atoms with Crippen molar-refractivity contribution < 1.29 is 4.79 Å². The molecule has 1 aromatic carbocycles. The lowest BCUT2D eigenvalue weighted by molar-refractivity contribution is 0.102. The molecule has 1 amide bonds. The van der Waals surface area contributed by atoms with E-state index in [1.165, 1.54) is 17.1 Å². The van der Waals surface area contributed by atoms with Gasteiger partial charge in [0.15, 0.2) is 5.82 Å². The summed E-state index contributed by atoms with van der Waals surface area (Å²) in [5, 5.41) is 7.28. The normalized spacial score (nSPS) is 14.8. The number of aryl methyl sites for hydroxylation is 1. The molecule has 1 saturated heterocycles. The molecule has 0 bridgehead atoms. The third kappa shape index (κ3) is 4.43. The Bertz CT molecular complexity index is 950. The van der Waals surface area contributed by atoms with Crippen LogP contribution >= 0.6 is 11.8 Å². The molecular formula is C21H23N5OS. The second kappa shape index (κ2) is 8.58. The van der Waals surface area contributed by atoms with E-state index in [4.69, 9.17) is 0 Å². The molecule has 7 heteroatoms. The zero-order valence-corrected chi connectivity index (χ0v) is 16.7. The topological polar surface area (TPSA) is 63.1 Å². The van der Waals surface area contributed by atoms with E-state index >= 15 is 0 Å². The van der Waals surface area contributed by atoms with Crippen LogP contribution in [0.2, 0.25) is 0 Å². The van der Waals surface area contributed by atoms with E-state index in [1.54, 1.807) is 23.3 Å². The maximum atomic E-state index is 12.7. The van der Waals surface area contributed by atoms with Crippen LogP contribution in [0.15, 0.2) is 55.0 Å². The van der Waals surface area contributed by atoms with Crippen LogP contribution in [0.4, 0.5) is 5.69 Å². The van der Waals surface area contributed by atoms with Crippen LogP contribution < -0.4 is 5.32 Å². The minimum absolute atomic E-state index is 0.170. The van der Waals surface area contributed by atoms with Gasteiger partial charge < -0.3 is 5.32 Å². The first kappa shape index (κ1) is 18.7. The molecule has 1 fully saturated rings. The van der Waals surface area contributed by atoms with Gasteiger partial charge in [-0.1, -0.05) is 18.2 Å². The van der Waals surface area contributed by atoms with Gasteiger partial charge in [-0.2, -0.15) is 16.9 Å². The largest absolute Gasteiger partial charge is 0.322 e. The number of anilines is 1. The van der Waals surface area contributed by atoms with Crippen molar-refractivity contribution in [2.24, 2.45) is 0 Å². The Morgan fingerprint density at radius 3 is 2.86 bits per heavy atom. The van der Waals surface area contributed by atoms with E-state index < -0.39 is 0 Å². The van der Waals surface area contributed by atoms with E-state index in [-0.39, 0.29) is 5.91 Å². The number of benzene rings is 1. The smallest absolute Gasteiger partial charge is 0.258 e. The molecule has 1 N–H and O–H groups in total. The molecule has 0 saturated carbocycles. The molecule has 6 nitrogen and oxygen atoms in total. The van der Waals surface area contributed by atoms with Crippen LogP contribution in [0.25, 0.3) is 5.82 Å². The van der Waals surface area contributed by atoms with Crippen LogP contribution in [0, 0.1) is 6.92 Å². The number of thioether (sulfide) groups is 1. The van der Waals surface area contributed by atoms with E-state index in [2.05, 4.69) is 38.5 Å². The van der Waals surface area contributed by atoms with Gasteiger partial charge in [-0.15, -0.1) is 0 Å². The molecule has 0 unspecified atom stereocenters. The van der Waals surface area contributed by atoms with Crippen LogP contribution in [0.1, 0.15) is 21.5 Å². The number of amides is 1. The molecule has 1 aliphatic rings. The van der Waals surface area contributed by atoms with Crippen molar-refractivity contribution >= 4 is 23.4 Å². The minimum Gasteiger partial charge on any atom is -0.322 e. The Morgan fingerprint density at radius 1 is 1.21 bits per heavy atom. The molecule has 0 radical (unpaired) electrons. The number of nitrogens with one attached hydrogen (secondary N) is 1. The highest BCUT2D eigenvalue weighted by atomic mass is 32.2. The van der Waals surface area contributed by atoms with Crippen molar-refractivity contribution in [2.75, 3.05) is 29.9 Å². The van der Waals surface area contributed by atoms with Gasteiger partial charge in [0.1, 0.15) is 0 Å². The molecule has 0 spiro atoms. The van der Waals surface area contributed by atoms with E-state index in [0.29, 0.717) is 11.4 Å². The third-order valence-corrected chi connectivity index (χ3v) is 5.73. The Labute approximate surface area is 169 Å². The number of carbonyl (C=O) groups excluding carboxylic acids is 1. The van der Waals surface area contributed by atoms with Gasteiger partial charge in [0.05, 0.1) is 11.8 Å². The summed E-state index contributed by atoms with van der Waals surface area (Å²) < 4.78 is 1.60. The molecule has 4 rings (SSSR count). The van der Waals surface area contributed by atoms with Gasteiger partial charge in [0.2, 0.25) is 0 Å². The summed E-state index contributed by atoms with van der Waals surface area (Å²) in [5.41, 5.74) is 3.61. The summed E-state index contributed by atoms with van der Waals surface area (Å²) in [5.74, 6) is 2.89. The monoisotopic (exact) mass is 393 g/mol. The summed E-state index contributed by atoms with van der Waals surface area (Å²) in [7, 11) is 0. The Morgan fingerprint density at radius 2 is 2.07 bits per heavy atom. The lowest BCUT2D eigenvalue weighted by Crippen LogP contribution is -2.32. The summed E-state index contributed by atoms with van der Waals surface area (Å²) in [6.45, 7) is 5.16. The first-order valence-corrected chi connectivity index (χ1v) is 10.5. The first-order valence-electron chi connectivity index (χ1n) is 9.36. The van der Waals surface area contributed by atoms with Crippen molar-refractivity contribution in [2.45, 2.75) is 13.5 Å². The predicted octanol–water partition coefficient (Wildman–Crippen LogP) is 3.38. The maximum absolute atomic E-state index is 12.7. The quantitative estimate of drug-likeness (QED) is 0.720. The molecular weight excluding hydrogens is 370 g/mol. The number of pyridine rings is 1. The van der Waals surface area contributed by atoms with Gasteiger partial charge in [-0.05, 0) is 36.2 Å². The molecule has 28 heavy (non-hydrogen) atoms. The minimum atomic E-state index is -0.170. The highest BCUT2D eigenvalue weighted by Crippen LogP contribution is 2.20. The molecule has 3 aromatic rings. The van der Waals surface area contributed by atoms with Crippen LogP contribution in [-0.2, 0) is 6.54 Å². The van der Waals surface area contributed by atoms with Gasteiger partial charge in [-0.3, -0.25) is 9.69 Å². The van der Waals surface area contributed by atoms with Gasteiger partial charge in [0, 0.05) is 49.2 Å². The summed E-state index contributed by atoms with van der Waals surface area (Å²) in [6.07, 6.45) is 4.96. The standard InChI is InChI=1S/C21H23N5OS/c1-16-5-6-17(14-25-8-10-28-11-9-25)12-19(16)24-21(27)18-13-23-26(15-18)20-4-2-3-7-22-20/h2-7,12-13,15H,8-11,14H2,1H3,(H,24,27). The number of aromatic nitrogens is 3. The van der Waals surface area contributed by atoms with Crippen LogP contribution in [-0.4, -0.2) is 50.2 Å². The van der Waals surface area contributed by atoms with Crippen molar-refractivity contribution in [3.63, 3.8) is 0 Å². The SMILES string of the molecule is Cc1ccc(CN2CCSCC2)cc1NC(=O)c1cnn(-c2ccccn2)c1. The third-order valence-electron chi connectivity index (χ3n) is 4.79. The highest BCUT2D eigenvalue weighted by Gasteiger charge is 2.14. The number of hydrogen-bond acceptors (Lipinski definition) is 5. The average molecular weight is 394 g/mol. The fourth-order valence-corrected chi connectivity index (χ4v) is 4.15. The number of rotatable bonds is 5. The highest BCUT2D eigenvalue weighted by molar-refractivity contribution is 7.99. The zero-order valence-electron chi connectivity index (χ0n) is 15.8. The van der Waals surface area contributed by atoms with Gasteiger partial charge >= 0.3 is 0 Å². The zero-order chi connectivity index (χ0) is 19.3. The lowest BCUT2D eigenvalue weighted by atomic mass is 10.1. The lowest BCUT2D eigenvalue weighted by Gasteiger charge is -2.26. The Hall–Kier alpha value is -2.64. The van der Waals surface area contributed by atoms with Crippen LogP contribution in [0.5, 0.6) is 0 Å². The summed E-state index contributed by atoms with van der Waals surface area (Å²) in [6, 6.07) is 11.9. The Balaban J connectivity index is 1.46. The van der Waals surface area contributed by atoms with Crippen molar-refractivity contribution in [3.8, 4) is 5.82 Å². The molecule has 3 heterocycles. The number of carbonyl (C=O) groups is 1. The number of hydrogen-bond donors (Lipinski definition) is 1. The predicted molar refractivity (Wildman–Crippen MR) is 113 cm³/mol. The van der Waals surface area contributed by atoms with Crippen molar-refractivity contribution in [3.05, 3.63) is 71.7 Å². The van der Waals surface area contributed by atoms with Crippen molar-refractivity contribution in [1.82, 2.24) is 19.7 Å². The molecule has 0 aliphatic carbocycles. The second-order valence-electron chi connectivity index (χ2n) is 6.85. The van der Waals surface area contributed by atoms with E-state index in [0.717, 1.165) is 30.9 Å². The summed E-state index contributed by atoms with van der Waals surface area (Å²) in [4.78, 5) is 19.4. The maximum Gasteiger partial charge on any atom is 0.258 e. The van der Waals surface area contributed by atoms with Crippen LogP contribution in [0.3, 0.4) is 0 Å². The Kier molecular flexibility index (Phi) is 5.73. The molecule has 2 aromatic heterocycles. The fourth-order valence-electron chi connectivity index (χ4n) is 3.17. The van der Waals surface area contributed by atoms with Crippen molar-refractivity contribution in [1.29, 1.82) is 0 Å². The molecule has 1 aliphatic heterocycles. The second-order valence-corrected chi connectivity index (χ2v) is 8.08. The summed E-state index contributed by atoms with van der Waals surface area (Å²) >= 11 is 2.01. The van der Waals surface area contributed by atoms with Gasteiger partial charge in [0.25, 0.3) is 5.91 Å². The van der Waals surface area contributed by atoms with E-state index in [9.17, 15) is 4.79 Å². The fraction of sp³-hybridized carbons (Fsp3) is 0.286. The first-order chi connectivity index (χ1) is 13.7. The average Bonchev–Trinajstić information content (AvgIpc) is 3.22. The molecule has 144 valence electrons. The molecule has 0 atom stereocenters. The van der Waals surface area contributed by atoms with E-state index in [1.807, 2.05) is 36.9 Å². The number of nitrogens with zero attached hydrogens (tertiary/aromatic N) is 4. The van der Waals surface area contributed by atoms with Gasteiger partial charge in [-0.25, -0.2) is 9.67 Å².